The van der Waals surface area contributed by atoms with Gasteiger partial charge in [-0.3, -0.25) is 0 Å². The first-order valence-corrected chi connectivity index (χ1v) is 5.16. The molecule has 0 aliphatic carbocycles. The van der Waals surface area contributed by atoms with Gasteiger partial charge < -0.3 is 0 Å². The molecular weight excluding hydrogens is 206 g/mol. The van der Waals surface area contributed by atoms with Gasteiger partial charge in [0.05, 0.1) is 18.5 Å². The Balaban J connectivity index is 2.86. The summed E-state index contributed by atoms with van der Waals surface area (Å²) < 4.78 is 24.6. The van der Waals surface area contributed by atoms with Crippen LogP contribution in [0.15, 0.2) is 12.4 Å². The molecule has 1 unspecified atom stereocenters. The van der Waals surface area contributed by atoms with Crippen LogP contribution in [0, 0.1) is 11.3 Å². The molecule has 74 valence electrons. The van der Waals surface area contributed by atoms with E-state index in [1.54, 1.807) is 6.07 Å². The summed E-state index contributed by atoms with van der Waals surface area (Å²) in [6.45, 7) is 1.26. The molecular formula is C6H7N5O2S. The number of hydrogen-bond donors (Lipinski definition) is 1. The molecule has 0 fully saturated rings. The Kier molecular flexibility index (Phi) is 2.93. The van der Waals surface area contributed by atoms with Gasteiger partial charge in [-0.15, -0.1) is 5.10 Å². The summed E-state index contributed by atoms with van der Waals surface area (Å²) in [7, 11) is -3.74. The van der Waals surface area contributed by atoms with Crippen LogP contribution in [0.1, 0.15) is 6.92 Å². The first-order chi connectivity index (χ1) is 6.56. The van der Waals surface area contributed by atoms with E-state index in [9.17, 15) is 8.42 Å². The maximum Gasteiger partial charge on any atom is 0.256 e. The lowest BCUT2D eigenvalue weighted by Gasteiger charge is -2.05. The standard InChI is InChI=1S/C6H7N5O2S/c1-5(4-7)14(12,13)11-6-8-2-3-9-10-6/h2-3,5H,1H3,(H,8,10,11). The number of nitriles is 1. The molecule has 0 spiro atoms. The largest absolute Gasteiger partial charge is 0.256 e. The van der Waals surface area contributed by atoms with Gasteiger partial charge in [-0.25, -0.2) is 18.1 Å². The third-order valence-corrected chi connectivity index (χ3v) is 2.87. The van der Waals surface area contributed by atoms with Crippen molar-refractivity contribution in [1.82, 2.24) is 15.2 Å². The van der Waals surface area contributed by atoms with Crippen molar-refractivity contribution in [3.8, 4) is 6.07 Å². The van der Waals surface area contributed by atoms with Crippen LogP contribution in [0.2, 0.25) is 0 Å². The minimum Gasteiger partial charge on any atom is -0.249 e. The van der Waals surface area contributed by atoms with Crippen LogP contribution in [0.25, 0.3) is 0 Å². The second-order valence-corrected chi connectivity index (χ2v) is 4.39. The van der Waals surface area contributed by atoms with Crippen LogP contribution >= 0.6 is 0 Å². The first kappa shape index (κ1) is 10.3. The van der Waals surface area contributed by atoms with Gasteiger partial charge in [0.2, 0.25) is 0 Å². The minimum absolute atomic E-state index is 0.144. The average molecular weight is 213 g/mol. The molecule has 1 aromatic heterocycles. The third-order valence-electron chi connectivity index (χ3n) is 1.36. The maximum atomic E-state index is 11.3. The highest BCUT2D eigenvalue weighted by Crippen LogP contribution is 2.03. The fraction of sp³-hybridized carbons (Fsp3) is 0.333. The molecule has 14 heavy (non-hydrogen) atoms. The molecule has 0 aromatic carbocycles. The SMILES string of the molecule is CC(C#N)S(=O)(=O)Nc1nccnn1. The number of anilines is 1. The molecule has 7 nitrogen and oxygen atoms in total. The normalized spacial score (nSPS) is 12.9. The van der Waals surface area contributed by atoms with Crippen LogP contribution in [0.5, 0.6) is 0 Å². The summed E-state index contributed by atoms with van der Waals surface area (Å²) in [4.78, 5) is 3.61. The number of rotatable bonds is 3. The summed E-state index contributed by atoms with van der Waals surface area (Å²) in [6, 6.07) is 1.60. The molecule has 1 aromatic rings. The zero-order valence-corrected chi connectivity index (χ0v) is 8.06. The highest BCUT2D eigenvalue weighted by atomic mass is 32.2. The lowest BCUT2D eigenvalue weighted by Crippen LogP contribution is -2.24. The molecule has 0 bridgehead atoms. The Morgan fingerprint density at radius 3 is 2.79 bits per heavy atom. The summed E-state index contributed by atoms with van der Waals surface area (Å²) in [5.41, 5.74) is 0. The first-order valence-electron chi connectivity index (χ1n) is 3.61. The molecule has 1 atom stereocenters. The Morgan fingerprint density at radius 2 is 2.29 bits per heavy atom. The number of sulfonamides is 1. The fourth-order valence-corrected chi connectivity index (χ4v) is 1.24. The van der Waals surface area contributed by atoms with Gasteiger partial charge in [0.1, 0.15) is 0 Å². The van der Waals surface area contributed by atoms with Crippen molar-refractivity contribution < 1.29 is 8.42 Å². The van der Waals surface area contributed by atoms with E-state index in [-0.39, 0.29) is 5.95 Å². The van der Waals surface area contributed by atoms with E-state index in [4.69, 9.17) is 5.26 Å². The molecule has 8 heteroatoms. The van der Waals surface area contributed by atoms with Crippen LogP contribution < -0.4 is 4.72 Å². The van der Waals surface area contributed by atoms with E-state index >= 15 is 0 Å². The van der Waals surface area contributed by atoms with Gasteiger partial charge in [-0.1, -0.05) is 0 Å². The van der Waals surface area contributed by atoms with Gasteiger partial charge in [0.25, 0.3) is 16.0 Å². The summed E-state index contributed by atoms with van der Waals surface area (Å²) in [6.07, 6.45) is 2.60. The maximum absolute atomic E-state index is 11.3. The Labute approximate surface area is 80.9 Å². The van der Waals surface area contributed by atoms with Crippen molar-refractivity contribution in [3.63, 3.8) is 0 Å². The van der Waals surface area contributed by atoms with Crippen molar-refractivity contribution in [1.29, 1.82) is 5.26 Å². The Hall–Kier alpha value is -1.75. The lowest BCUT2D eigenvalue weighted by molar-refractivity contribution is 0.596. The Morgan fingerprint density at radius 1 is 1.57 bits per heavy atom. The second kappa shape index (κ2) is 3.97. The molecule has 0 amide bonds. The van der Waals surface area contributed by atoms with Crippen molar-refractivity contribution in [2.45, 2.75) is 12.2 Å². The lowest BCUT2D eigenvalue weighted by atomic mass is 10.5. The topological polar surface area (TPSA) is 109 Å². The highest BCUT2D eigenvalue weighted by Gasteiger charge is 2.20. The molecule has 0 aliphatic heterocycles. The molecule has 1 rings (SSSR count). The zero-order valence-electron chi connectivity index (χ0n) is 7.25. The van der Waals surface area contributed by atoms with Crippen molar-refractivity contribution in [2.24, 2.45) is 0 Å². The smallest absolute Gasteiger partial charge is 0.249 e. The van der Waals surface area contributed by atoms with Crippen LogP contribution in [-0.2, 0) is 10.0 Å². The van der Waals surface area contributed by atoms with Gasteiger partial charge in [-0.2, -0.15) is 10.4 Å². The van der Waals surface area contributed by atoms with Crippen LogP contribution in [0.3, 0.4) is 0 Å². The molecule has 0 aliphatic rings. The number of nitrogens with zero attached hydrogens (tertiary/aromatic N) is 4. The van der Waals surface area contributed by atoms with E-state index < -0.39 is 15.3 Å². The molecule has 0 saturated heterocycles. The van der Waals surface area contributed by atoms with Crippen LogP contribution in [-0.4, -0.2) is 28.8 Å². The number of aromatic nitrogens is 3. The number of hydrogen-bond acceptors (Lipinski definition) is 6. The zero-order chi connectivity index (χ0) is 10.6. The summed E-state index contributed by atoms with van der Waals surface area (Å²) in [5.74, 6) is -0.144. The minimum atomic E-state index is -3.74. The summed E-state index contributed by atoms with van der Waals surface area (Å²) in [5, 5.41) is 14.1. The van der Waals surface area contributed by atoms with E-state index in [0.29, 0.717) is 0 Å². The summed E-state index contributed by atoms with van der Waals surface area (Å²) >= 11 is 0. The second-order valence-electron chi connectivity index (χ2n) is 2.38. The van der Waals surface area contributed by atoms with E-state index in [2.05, 4.69) is 15.2 Å². The van der Waals surface area contributed by atoms with Crippen molar-refractivity contribution >= 4 is 16.0 Å². The number of nitrogens with one attached hydrogen (secondary N) is 1. The van der Waals surface area contributed by atoms with E-state index in [1.807, 2.05) is 4.72 Å². The molecule has 0 saturated carbocycles. The van der Waals surface area contributed by atoms with Crippen molar-refractivity contribution in [2.75, 3.05) is 4.72 Å². The van der Waals surface area contributed by atoms with Crippen LogP contribution in [0.4, 0.5) is 5.95 Å². The van der Waals surface area contributed by atoms with E-state index in [1.165, 1.54) is 19.3 Å². The predicted octanol–water partition coefficient (Wildman–Crippen LogP) is -0.475. The Bertz CT molecular complexity index is 437. The fourth-order valence-electron chi connectivity index (χ4n) is 0.579. The average Bonchev–Trinajstić information content (AvgIpc) is 2.17. The van der Waals surface area contributed by atoms with Gasteiger partial charge in [0.15, 0.2) is 5.25 Å². The third kappa shape index (κ3) is 2.37. The quantitative estimate of drug-likeness (QED) is 0.726. The highest BCUT2D eigenvalue weighted by molar-refractivity contribution is 7.93. The molecule has 0 radical (unpaired) electrons. The van der Waals surface area contributed by atoms with E-state index in [0.717, 1.165) is 0 Å². The van der Waals surface area contributed by atoms with Gasteiger partial charge >= 0.3 is 0 Å². The monoisotopic (exact) mass is 213 g/mol. The molecule has 1 heterocycles. The molecule has 1 N–H and O–H groups in total. The predicted molar refractivity (Wildman–Crippen MR) is 47.4 cm³/mol. The van der Waals surface area contributed by atoms with Crippen molar-refractivity contribution in [3.05, 3.63) is 12.4 Å². The van der Waals surface area contributed by atoms with Gasteiger partial charge in [0, 0.05) is 0 Å². The van der Waals surface area contributed by atoms with Gasteiger partial charge in [-0.05, 0) is 6.92 Å².